The van der Waals surface area contributed by atoms with Crippen molar-refractivity contribution in [2.45, 2.75) is 25.3 Å². The summed E-state index contributed by atoms with van der Waals surface area (Å²) < 4.78 is 40.3. The Morgan fingerprint density at radius 3 is 2.43 bits per heavy atom. The molecule has 0 heterocycles. The van der Waals surface area contributed by atoms with Crippen LogP contribution in [0.2, 0.25) is 5.02 Å². The molecule has 0 spiro atoms. The molecule has 0 aromatic heterocycles. The summed E-state index contributed by atoms with van der Waals surface area (Å²) in [5, 5.41) is 4.65. The van der Waals surface area contributed by atoms with Gasteiger partial charge in [-0.2, -0.15) is 5.10 Å². The van der Waals surface area contributed by atoms with Gasteiger partial charge >= 0.3 is 0 Å². The van der Waals surface area contributed by atoms with Gasteiger partial charge < -0.3 is 9.47 Å². The van der Waals surface area contributed by atoms with Crippen LogP contribution in [0.1, 0.15) is 22.3 Å². The lowest BCUT2D eigenvalue weighted by Gasteiger charge is -2.25. The van der Waals surface area contributed by atoms with E-state index in [0.29, 0.717) is 32.2 Å². The highest BCUT2D eigenvalue weighted by Crippen LogP contribution is 2.37. The van der Waals surface area contributed by atoms with Gasteiger partial charge in [0.25, 0.3) is 15.9 Å². The Morgan fingerprint density at radius 1 is 1.02 bits per heavy atom. The minimum absolute atomic E-state index is 0.0788. The minimum Gasteiger partial charge on any atom is -0.493 e. The van der Waals surface area contributed by atoms with Crippen LogP contribution in [0.25, 0.3) is 0 Å². The molecular formula is C31H29BrClN3O5S. The van der Waals surface area contributed by atoms with Crippen LogP contribution in [0, 0.1) is 13.8 Å². The van der Waals surface area contributed by atoms with Gasteiger partial charge in [0.15, 0.2) is 11.5 Å². The Bertz CT molecular complexity index is 1720. The molecule has 1 amide bonds. The molecular weight excluding hydrogens is 642 g/mol. The molecule has 218 valence electrons. The maximum atomic E-state index is 13.6. The second-order valence-electron chi connectivity index (χ2n) is 9.32. The van der Waals surface area contributed by atoms with Crippen LogP contribution in [0.5, 0.6) is 11.5 Å². The minimum atomic E-state index is -4.03. The first-order valence-electron chi connectivity index (χ1n) is 12.8. The van der Waals surface area contributed by atoms with Gasteiger partial charge in [-0.3, -0.25) is 9.10 Å². The normalized spacial score (nSPS) is 11.4. The summed E-state index contributed by atoms with van der Waals surface area (Å²) in [4.78, 5) is 13.0. The van der Waals surface area contributed by atoms with Crippen molar-refractivity contribution in [3.05, 3.63) is 117 Å². The van der Waals surface area contributed by atoms with Crippen molar-refractivity contribution in [3.63, 3.8) is 0 Å². The van der Waals surface area contributed by atoms with E-state index in [0.717, 1.165) is 21.0 Å². The summed E-state index contributed by atoms with van der Waals surface area (Å²) in [6, 6.07) is 24.2. The number of rotatable bonds is 11. The molecule has 42 heavy (non-hydrogen) atoms. The average molecular weight is 671 g/mol. The smallest absolute Gasteiger partial charge is 0.264 e. The van der Waals surface area contributed by atoms with Crippen molar-refractivity contribution >= 4 is 55.4 Å². The van der Waals surface area contributed by atoms with Gasteiger partial charge in [0.05, 0.1) is 28.4 Å². The third-order valence-electron chi connectivity index (χ3n) is 6.22. The lowest BCUT2D eigenvalue weighted by molar-refractivity contribution is -0.119. The van der Waals surface area contributed by atoms with Gasteiger partial charge in [-0.15, -0.1) is 0 Å². The van der Waals surface area contributed by atoms with E-state index in [1.807, 2.05) is 31.2 Å². The van der Waals surface area contributed by atoms with Crippen molar-refractivity contribution in [1.82, 2.24) is 5.43 Å². The van der Waals surface area contributed by atoms with Crippen LogP contribution in [-0.4, -0.2) is 34.2 Å². The van der Waals surface area contributed by atoms with E-state index < -0.39 is 22.5 Å². The molecule has 0 unspecified atom stereocenters. The number of methoxy groups -OCH3 is 1. The fraction of sp³-hybridized carbons (Fsp3) is 0.161. The number of hydrazone groups is 1. The molecule has 0 aliphatic heterocycles. The number of benzene rings is 4. The van der Waals surface area contributed by atoms with E-state index in [-0.39, 0.29) is 11.5 Å². The number of amides is 1. The summed E-state index contributed by atoms with van der Waals surface area (Å²) in [5.74, 6) is 0.310. The van der Waals surface area contributed by atoms with Gasteiger partial charge in [-0.25, -0.2) is 13.8 Å². The van der Waals surface area contributed by atoms with E-state index in [2.05, 4.69) is 26.5 Å². The van der Waals surface area contributed by atoms with Crippen molar-refractivity contribution in [1.29, 1.82) is 0 Å². The van der Waals surface area contributed by atoms with Gasteiger partial charge in [-0.1, -0.05) is 65.7 Å². The van der Waals surface area contributed by atoms with Crippen LogP contribution >= 0.6 is 27.5 Å². The molecule has 4 rings (SSSR count). The summed E-state index contributed by atoms with van der Waals surface area (Å²) in [7, 11) is -2.52. The number of sulfonamides is 1. The number of nitrogens with one attached hydrogen (secondary N) is 1. The van der Waals surface area contributed by atoms with Crippen LogP contribution < -0.4 is 19.2 Å². The van der Waals surface area contributed by atoms with Crippen molar-refractivity contribution < 1.29 is 22.7 Å². The Labute approximate surface area is 259 Å². The molecule has 1 N–H and O–H groups in total. The zero-order valence-corrected chi connectivity index (χ0v) is 26.3. The molecule has 0 aliphatic carbocycles. The first kappa shape index (κ1) is 31.1. The Morgan fingerprint density at radius 2 is 1.74 bits per heavy atom. The summed E-state index contributed by atoms with van der Waals surface area (Å²) in [5.41, 5.74) is 5.97. The topological polar surface area (TPSA) is 97.3 Å². The molecule has 4 aromatic rings. The van der Waals surface area contributed by atoms with Gasteiger partial charge in [0, 0.05) is 10.6 Å². The molecule has 0 aliphatic rings. The van der Waals surface area contributed by atoms with Crippen molar-refractivity contribution in [2.75, 3.05) is 18.0 Å². The summed E-state index contributed by atoms with van der Waals surface area (Å²) in [6.45, 7) is 3.49. The van der Waals surface area contributed by atoms with Crippen molar-refractivity contribution in [2.24, 2.45) is 5.10 Å². The van der Waals surface area contributed by atoms with Crippen LogP contribution in [0.3, 0.4) is 0 Å². The fourth-order valence-corrected chi connectivity index (χ4v) is 6.44. The number of carbonyl (C=O) groups is 1. The van der Waals surface area contributed by atoms with Gasteiger partial charge in [-0.05, 0) is 77.3 Å². The maximum Gasteiger partial charge on any atom is 0.264 e. The molecule has 11 heteroatoms. The zero-order chi connectivity index (χ0) is 30.3. The first-order valence-corrected chi connectivity index (χ1v) is 15.4. The van der Waals surface area contributed by atoms with E-state index in [4.69, 9.17) is 21.1 Å². The molecule has 0 fully saturated rings. The number of anilines is 1. The van der Waals surface area contributed by atoms with E-state index in [1.165, 1.54) is 25.5 Å². The number of hydrogen-bond donors (Lipinski definition) is 1. The Kier molecular flexibility index (Phi) is 10.3. The highest BCUT2D eigenvalue weighted by molar-refractivity contribution is 9.10. The van der Waals surface area contributed by atoms with Gasteiger partial charge in [0.2, 0.25) is 0 Å². The summed E-state index contributed by atoms with van der Waals surface area (Å²) >= 11 is 9.74. The quantitative estimate of drug-likeness (QED) is 0.142. The number of ether oxygens (including phenoxy) is 2. The second-order valence-corrected chi connectivity index (χ2v) is 12.4. The predicted molar refractivity (Wildman–Crippen MR) is 169 cm³/mol. The lowest BCUT2D eigenvalue weighted by Crippen LogP contribution is -2.40. The molecule has 0 atom stereocenters. The third-order valence-corrected chi connectivity index (χ3v) is 8.96. The number of nitrogens with zero attached hydrogens (tertiary/aromatic N) is 2. The highest BCUT2D eigenvalue weighted by Gasteiger charge is 2.28. The SMILES string of the molecule is COc1cc(/C=N/NC(=O)CN(c2ccc(C)cc2C)S(=O)(=O)c2ccccc2)cc(Br)c1OCc1ccccc1Cl. The van der Waals surface area contributed by atoms with E-state index >= 15 is 0 Å². The number of halogens is 2. The number of hydrogen-bond acceptors (Lipinski definition) is 6. The first-order chi connectivity index (χ1) is 20.1. The highest BCUT2D eigenvalue weighted by atomic mass is 79.9. The lowest BCUT2D eigenvalue weighted by atomic mass is 10.1. The third kappa shape index (κ3) is 7.50. The standard InChI is InChI=1S/C31H29BrClN3O5S/c1-21-13-14-28(22(2)15-21)36(42(38,39)25-10-5-4-6-11-25)19-30(37)35-34-18-23-16-26(32)31(29(17-23)40-3)41-20-24-9-7-8-12-27(24)33/h4-18H,19-20H2,1-3H3,(H,35,37)/b34-18+. The predicted octanol–water partition coefficient (Wildman–Crippen LogP) is 6.65. The Balaban J connectivity index is 1.50. The number of carbonyl (C=O) groups excluding carboxylic acids is 1. The average Bonchev–Trinajstić information content (AvgIpc) is 2.96. The van der Waals surface area contributed by atoms with E-state index in [1.54, 1.807) is 55.5 Å². The molecule has 0 radical (unpaired) electrons. The van der Waals surface area contributed by atoms with Crippen LogP contribution in [0.4, 0.5) is 5.69 Å². The Hall–Kier alpha value is -3.86. The summed E-state index contributed by atoms with van der Waals surface area (Å²) in [6.07, 6.45) is 1.43. The molecule has 0 saturated heterocycles. The molecule has 0 bridgehead atoms. The van der Waals surface area contributed by atoms with Gasteiger partial charge in [0.1, 0.15) is 13.2 Å². The molecule has 8 nitrogen and oxygen atoms in total. The van der Waals surface area contributed by atoms with Crippen LogP contribution in [-0.2, 0) is 21.4 Å². The second kappa shape index (κ2) is 13.9. The maximum absolute atomic E-state index is 13.6. The number of aryl methyl sites for hydroxylation is 2. The monoisotopic (exact) mass is 669 g/mol. The largest absolute Gasteiger partial charge is 0.493 e. The molecule has 4 aromatic carbocycles. The van der Waals surface area contributed by atoms with Crippen LogP contribution in [0.15, 0.2) is 99.4 Å². The van der Waals surface area contributed by atoms with E-state index in [9.17, 15) is 13.2 Å². The van der Waals surface area contributed by atoms with Crippen molar-refractivity contribution in [3.8, 4) is 11.5 Å². The fourth-order valence-electron chi connectivity index (χ4n) is 4.17. The molecule has 0 saturated carbocycles. The zero-order valence-electron chi connectivity index (χ0n) is 23.2.